The second-order valence-corrected chi connectivity index (χ2v) is 4.96. The van der Waals surface area contributed by atoms with Crippen LogP contribution in [0.15, 0.2) is 0 Å². The Balaban J connectivity index is 3.86. The molecule has 3 nitrogen and oxygen atoms in total. The zero-order valence-electron chi connectivity index (χ0n) is 11.6. The van der Waals surface area contributed by atoms with Crippen molar-refractivity contribution >= 4 is 0 Å². The van der Waals surface area contributed by atoms with E-state index in [0.717, 1.165) is 6.42 Å². The molecule has 0 rings (SSSR count). The van der Waals surface area contributed by atoms with Crippen molar-refractivity contribution in [2.45, 2.75) is 64.6 Å². The number of hydrogen-bond donors (Lipinski definition) is 2. The average molecular weight is 245 g/mol. The van der Waals surface area contributed by atoms with Crippen molar-refractivity contribution in [1.29, 1.82) is 0 Å². The molecule has 0 aromatic heterocycles. The summed E-state index contributed by atoms with van der Waals surface area (Å²) in [7, 11) is 0. The van der Waals surface area contributed by atoms with Crippen molar-refractivity contribution in [3.8, 4) is 0 Å². The third kappa shape index (κ3) is 7.02. The number of hydrogen-bond acceptors (Lipinski definition) is 3. The molecule has 0 saturated carbocycles. The van der Waals surface area contributed by atoms with Crippen LogP contribution in [0.3, 0.4) is 0 Å². The minimum Gasteiger partial charge on any atom is -0.390 e. The quantitative estimate of drug-likeness (QED) is 0.622. The maximum Gasteiger partial charge on any atom is 0.114 e. The molecule has 0 aliphatic carbocycles. The van der Waals surface area contributed by atoms with Gasteiger partial charge in [-0.3, -0.25) is 0 Å². The lowest BCUT2D eigenvalue weighted by Gasteiger charge is -2.28. The summed E-state index contributed by atoms with van der Waals surface area (Å²) in [6.45, 7) is 10.5. The number of aliphatic hydroxyl groups is 2. The standard InChI is InChI=1S/C14H29O3/c1-5-8-9-12(6-2)10-17-11-14(4,16)13(15)7-3/h12-13,15-16H,4-11H2,1-3H3. The van der Waals surface area contributed by atoms with Crippen LogP contribution in [0.1, 0.15) is 52.9 Å². The molecule has 0 amide bonds. The van der Waals surface area contributed by atoms with Gasteiger partial charge in [0.25, 0.3) is 0 Å². The van der Waals surface area contributed by atoms with Crippen LogP contribution in [0.5, 0.6) is 0 Å². The van der Waals surface area contributed by atoms with Gasteiger partial charge in [-0.25, -0.2) is 0 Å². The van der Waals surface area contributed by atoms with Crippen LogP contribution in [0.4, 0.5) is 0 Å². The Morgan fingerprint density at radius 1 is 1.24 bits per heavy atom. The van der Waals surface area contributed by atoms with Gasteiger partial charge in [0, 0.05) is 6.61 Å². The highest BCUT2D eigenvalue weighted by atomic mass is 16.5. The van der Waals surface area contributed by atoms with E-state index in [9.17, 15) is 10.2 Å². The predicted octanol–water partition coefficient (Wildman–Crippen LogP) is 2.56. The Kier molecular flexibility index (Phi) is 8.83. The van der Waals surface area contributed by atoms with Gasteiger partial charge in [-0.2, -0.15) is 0 Å². The molecule has 0 aliphatic heterocycles. The summed E-state index contributed by atoms with van der Waals surface area (Å²) in [4.78, 5) is 0. The molecule has 2 N–H and O–H groups in total. The summed E-state index contributed by atoms with van der Waals surface area (Å²) in [5, 5.41) is 19.4. The highest BCUT2D eigenvalue weighted by Gasteiger charge is 2.29. The fraction of sp³-hybridized carbons (Fsp3) is 0.929. The molecule has 0 saturated heterocycles. The van der Waals surface area contributed by atoms with E-state index in [1.165, 1.54) is 19.3 Å². The molecular formula is C14H29O3. The normalized spacial score (nSPS) is 18.7. The minimum absolute atomic E-state index is 0.102. The van der Waals surface area contributed by atoms with Crippen molar-refractivity contribution < 1.29 is 14.9 Å². The first-order chi connectivity index (χ1) is 7.97. The highest BCUT2D eigenvalue weighted by molar-refractivity contribution is 4.88. The molecule has 3 atom stereocenters. The van der Waals surface area contributed by atoms with Crippen LogP contribution in [0.2, 0.25) is 0 Å². The Morgan fingerprint density at radius 2 is 1.88 bits per heavy atom. The van der Waals surface area contributed by atoms with Gasteiger partial charge in [0.1, 0.15) is 5.60 Å². The molecular weight excluding hydrogens is 216 g/mol. The zero-order chi connectivity index (χ0) is 13.3. The van der Waals surface area contributed by atoms with E-state index in [-0.39, 0.29) is 6.61 Å². The van der Waals surface area contributed by atoms with Gasteiger partial charge in [0.15, 0.2) is 0 Å². The average Bonchev–Trinajstić information content (AvgIpc) is 2.32. The SMILES string of the molecule is [CH2]C(O)(COCC(CC)CCCC)C(O)CC. The van der Waals surface area contributed by atoms with Crippen LogP contribution >= 0.6 is 0 Å². The predicted molar refractivity (Wildman–Crippen MR) is 70.7 cm³/mol. The molecule has 17 heavy (non-hydrogen) atoms. The van der Waals surface area contributed by atoms with Gasteiger partial charge >= 0.3 is 0 Å². The third-order valence-corrected chi connectivity index (χ3v) is 3.26. The molecule has 3 unspecified atom stereocenters. The maximum absolute atomic E-state index is 9.86. The van der Waals surface area contributed by atoms with Crippen LogP contribution in [0, 0.1) is 12.8 Å². The van der Waals surface area contributed by atoms with Crippen LogP contribution < -0.4 is 0 Å². The summed E-state index contributed by atoms with van der Waals surface area (Å²) in [6, 6.07) is 0. The zero-order valence-corrected chi connectivity index (χ0v) is 11.6. The Bertz CT molecular complexity index is 180. The van der Waals surface area contributed by atoms with E-state index >= 15 is 0 Å². The van der Waals surface area contributed by atoms with Crippen molar-refractivity contribution in [3.63, 3.8) is 0 Å². The van der Waals surface area contributed by atoms with Crippen LogP contribution in [-0.4, -0.2) is 35.1 Å². The van der Waals surface area contributed by atoms with Gasteiger partial charge in [-0.1, -0.05) is 40.0 Å². The smallest absolute Gasteiger partial charge is 0.114 e. The minimum atomic E-state index is -1.38. The largest absolute Gasteiger partial charge is 0.390 e. The van der Waals surface area contributed by atoms with Gasteiger partial charge in [-0.15, -0.1) is 0 Å². The summed E-state index contributed by atoms with van der Waals surface area (Å²) in [5.74, 6) is 0.546. The van der Waals surface area contributed by atoms with Crippen molar-refractivity contribution in [2.75, 3.05) is 13.2 Å². The Labute approximate surface area is 106 Å². The summed E-state index contributed by atoms with van der Waals surface area (Å²) < 4.78 is 5.50. The molecule has 0 aliphatic rings. The lowest BCUT2D eigenvalue weighted by molar-refractivity contribution is -0.0971. The molecule has 0 bridgehead atoms. The topological polar surface area (TPSA) is 49.7 Å². The Hall–Kier alpha value is -0.120. The van der Waals surface area contributed by atoms with Gasteiger partial charge in [0.2, 0.25) is 0 Å². The number of ether oxygens (including phenoxy) is 1. The van der Waals surface area contributed by atoms with Crippen molar-refractivity contribution in [1.82, 2.24) is 0 Å². The second kappa shape index (κ2) is 8.90. The number of unbranched alkanes of at least 4 members (excludes halogenated alkanes) is 1. The van der Waals surface area contributed by atoms with Crippen LogP contribution in [-0.2, 0) is 4.74 Å². The Morgan fingerprint density at radius 3 is 2.35 bits per heavy atom. The molecule has 0 heterocycles. The molecule has 0 fully saturated rings. The van der Waals surface area contributed by atoms with Crippen molar-refractivity contribution in [3.05, 3.63) is 6.92 Å². The van der Waals surface area contributed by atoms with Gasteiger partial charge < -0.3 is 14.9 Å². The fourth-order valence-corrected chi connectivity index (χ4v) is 1.78. The highest BCUT2D eigenvalue weighted by Crippen LogP contribution is 2.16. The van der Waals surface area contributed by atoms with Gasteiger partial charge in [0.05, 0.1) is 12.7 Å². The number of aliphatic hydroxyl groups excluding tert-OH is 1. The third-order valence-electron chi connectivity index (χ3n) is 3.26. The summed E-state index contributed by atoms with van der Waals surface area (Å²) >= 11 is 0. The van der Waals surface area contributed by atoms with Crippen molar-refractivity contribution in [2.24, 2.45) is 5.92 Å². The van der Waals surface area contributed by atoms with Crippen LogP contribution in [0.25, 0.3) is 0 Å². The monoisotopic (exact) mass is 245 g/mol. The van der Waals surface area contributed by atoms with Gasteiger partial charge in [-0.05, 0) is 25.7 Å². The van der Waals surface area contributed by atoms with E-state index in [1.807, 2.05) is 6.92 Å². The van der Waals surface area contributed by atoms with E-state index < -0.39 is 11.7 Å². The van der Waals surface area contributed by atoms with E-state index in [1.54, 1.807) is 0 Å². The molecule has 3 heteroatoms. The summed E-state index contributed by atoms with van der Waals surface area (Å²) in [5.41, 5.74) is -1.38. The van der Waals surface area contributed by atoms with E-state index in [0.29, 0.717) is 18.9 Å². The molecule has 0 aromatic carbocycles. The fourth-order valence-electron chi connectivity index (χ4n) is 1.78. The molecule has 1 radical (unpaired) electrons. The molecule has 0 aromatic rings. The summed E-state index contributed by atoms with van der Waals surface area (Å²) in [6.07, 6.45) is 4.33. The first kappa shape index (κ1) is 16.9. The van der Waals surface area contributed by atoms with E-state index in [4.69, 9.17) is 4.74 Å². The lowest BCUT2D eigenvalue weighted by Crippen LogP contribution is -2.43. The molecule has 0 spiro atoms. The molecule has 103 valence electrons. The maximum atomic E-state index is 9.86. The lowest BCUT2D eigenvalue weighted by atomic mass is 9.98. The second-order valence-electron chi connectivity index (χ2n) is 4.96. The first-order valence-electron chi connectivity index (χ1n) is 6.81. The van der Waals surface area contributed by atoms with E-state index in [2.05, 4.69) is 20.8 Å². The number of rotatable bonds is 10. The first-order valence-corrected chi connectivity index (χ1v) is 6.81.